The average Bonchev–Trinajstić information content (AvgIpc) is 2.68. The van der Waals surface area contributed by atoms with E-state index in [0.29, 0.717) is 0 Å². The summed E-state index contributed by atoms with van der Waals surface area (Å²) in [6.45, 7) is 0. The summed E-state index contributed by atoms with van der Waals surface area (Å²) in [5.41, 5.74) is 1.06. The van der Waals surface area contributed by atoms with Gasteiger partial charge in [-0.2, -0.15) is 0 Å². The SMILES string of the molecule is C#CCCCCCCCCCCCCCCCCC#Cc1ccc(Cl)cc1. The zero-order valence-electron chi connectivity index (χ0n) is 17.1. The fourth-order valence-corrected chi connectivity index (χ4v) is 3.39. The molecule has 0 saturated heterocycles. The minimum absolute atomic E-state index is 0.771. The molecule has 0 atom stereocenters. The van der Waals surface area contributed by atoms with Gasteiger partial charge in [0.05, 0.1) is 0 Å². The number of hydrogen-bond acceptors (Lipinski definition) is 0. The molecule has 0 radical (unpaired) electrons. The third-order valence-electron chi connectivity index (χ3n) is 4.95. The molecule has 1 rings (SSSR count). The Balaban J connectivity index is 1.78. The molecule has 0 aliphatic rings. The van der Waals surface area contributed by atoms with Gasteiger partial charge in [0, 0.05) is 23.4 Å². The van der Waals surface area contributed by atoms with E-state index in [9.17, 15) is 0 Å². The minimum atomic E-state index is 0.771. The molecule has 1 heteroatoms. The van der Waals surface area contributed by atoms with Crippen LogP contribution in [0.2, 0.25) is 5.02 Å². The van der Waals surface area contributed by atoms with E-state index in [0.717, 1.165) is 23.4 Å². The number of hydrogen-bond donors (Lipinski definition) is 0. The normalized spacial score (nSPS) is 10.2. The molecule has 0 unspecified atom stereocenters. The van der Waals surface area contributed by atoms with Crippen LogP contribution in [-0.2, 0) is 0 Å². The first-order valence-electron chi connectivity index (χ1n) is 11.0. The molecule has 1 aromatic rings. The van der Waals surface area contributed by atoms with Gasteiger partial charge >= 0.3 is 0 Å². The second kappa shape index (κ2) is 18.0. The number of rotatable bonds is 15. The van der Waals surface area contributed by atoms with Crippen LogP contribution in [0, 0.1) is 24.2 Å². The molecule has 0 amide bonds. The highest BCUT2D eigenvalue weighted by atomic mass is 35.5. The smallest absolute Gasteiger partial charge is 0.0406 e. The Hall–Kier alpha value is -1.37. The molecule has 0 heterocycles. The van der Waals surface area contributed by atoms with E-state index in [2.05, 4.69) is 17.8 Å². The largest absolute Gasteiger partial charge is 0.120 e. The zero-order chi connectivity index (χ0) is 19.4. The Kier molecular flexibility index (Phi) is 15.8. The molecular weight excluding hydrogens is 348 g/mol. The lowest BCUT2D eigenvalue weighted by atomic mass is 10.0. The second-order valence-corrected chi connectivity index (χ2v) is 7.90. The number of unbranched alkanes of at least 4 members (excludes halogenated alkanes) is 15. The maximum atomic E-state index is 5.87. The molecule has 148 valence electrons. The standard InChI is InChI=1S/C26H37Cl/c1-2-3-4-5-6-7-8-9-10-11-12-13-14-15-16-17-18-19-20-25-21-23-26(27)24-22-25/h1,21-24H,3-18H2. The van der Waals surface area contributed by atoms with Crippen LogP contribution in [0.4, 0.5) is 0 Å². The lowest BCUT2D eigenvalue weighted by molar-refractivity contribution is 0.535. The minimum Gasteiger partial charge on any atom is -0.120 e. The summed E-state index contributed by atoms with van der Waals surface area (Å²) >= 11 is 5.87. The first-order valence-corrected chi connectivity index (χ1v) is 11.4. The van der Waals surface area contributed by atoms with Crippen LogP contribution in [-0.4, -0.2) is 0 Å². The quantitative estimate of drug-likeness (QED) is 0.210. The Morgan fingerprint density at radius 2 is 1.00 bits per heavy atom. The molecule has 0 nitrogen and oxygen atoms in total. The summed E-state index contributed by atoms with van der Waals surface area (Å²) in [4.78, 5) is 0. The van der Waals surface area contributed by atoms with E-state index in [1.807, 2.05) is 24.3 Å². The lowest BCUT2D eigenvalue weighted by Crippen LogP contribution is -1.83. The van der Waals surface area contributed by atoms with Gasteiger partial charge in [0.15, 0.2) is 0 Å². The highest BCUT2D eigenvalue weighted by Gasteiger charge is 1.94. The third-order valence-corrected chi connectivity index (χ3v) is 5.20. The van der Waals surface area contributed by atoms with Gasteiger partial charge in [-0.05, 0) is 37.1 Å². The molecule has 27 heavy (non-hydrogen) atoms. The van der Waals surface area contributed by atoms with Crippen LogP contribution < -0.4 is 0 Å². The van der Waals surface area contributed by atoms with Crippen molar-refractivity contribution in [3.63, 3.8) is 0 Å². The number of benzene rings is 1. The van der Waals surface area contributed by atoms with Crippen LogP contribution in [0.5, 0.6) is 0 Å². The topological polar surface area (TPSA) is 0 Å². The van der Waals surface area contributed by atoms with Crippen molar-refractivity contribution in [1.82, 2.24) is 0 Å². The van der Waals surface area contributed by atoms with Crippen LogP contribution in [0.25, 0.3) is 0 Å². The monoisotopic (exact) mass is 384 g/mol. The highest BCUT2D eigenvalue weighted by Crippen LogP contribution is 2.13. The van der Waals surface area contributed by atoms with Gasteiger partial charge in [0.25, 0.3) is 0 Å². The summed E-state index contributed by atoms with van der Waals surface area (Å²) < 4.78 is 0. The van der Waals surface area contributed by atoms with E-state index < -0.39 is 0 Å². The van der Waals surface area contributed by atoms with E-state index >= 15 is 0 Å². The lowest BCUT2D eigenvalue weighted by Gasteiger charge is -2.03. The molecular formula is C26H37Cl. The Bertz CT molecular complexity index is 553. The number of terminal acetylenes is 1. The first-order chi connectivity index (χ1) is 13.3. The van der Waals surface area contributed by atoms with Gasteiger partial charge in [-0.1, -0.05) is 100 Å². The molecule has 0 fully saturated rings. The van der Waals surface area contributed by atoms with E-state index in [1.165, 1.54) is 89.9 Å². The van der Waals surface area contributed by atoms with Crippen molar-refractivity contribution < 1.29 is 0 Å². The van der Waals surface area contributed by atoms with Crippen molar-refractivity contribution in [2.24, 2.45) is 0 Å². The van der Waals surface area contributed by atoms with Gasteiger partial charge < -0.3 is 0 Å². The fourth-order valence-electron chi connectivity index (χ4n) is 3.26. The molecule has 0 aliphatic carbocycles. The Labute approximate surface area is 173 Å². The highest BCUT2D eigenvalue weighted by molar-refractivity contribution is 6.30. The molecule has 0 aromatic heterocycles. The Morgan fingerprint density at radius 1 is 0.593 bits per heavy atom. The van der Waals surface area contributed by atoms with E-state index in [-0.39, 0.29) is 0 Å². The first kappa shape index (κ1) is 23.7. The summed E-state index contributed by atoms with van der Waals surface area (Å²) in [7, 11) is 0. The maximum absolute atomic E-state index is 5.87. The molecule has 0 N–H and O–H groups in total. The van der Waals surface area contributed by atoms with Gasteiger partial charge in [-0.3, -0.25) is 0 Å². The van der Waals surface area contributed by atoms with Crippen LogP contribution in [0.15, 0.2) is 24.3 Å². The summed E-state index contributed by atoms with van der Waals surface area (Å²) in [5.74, 6) is 9.19. The van der Waals surface area contributed by atoms with E-state index in [4.69, 9.17) is 18.0 Å². The van der Waals surface area contributed by atoms with Crippen LogP contribution in [0.1, 0.15) is 108 Å². The maximum Gasteiger partial charge on any atom is 0.0406 e. The fraction of sp³-hybridized carbons (Fsp3) is 0.615. The van der Waals surface area contributed by atoms with Gasteiger partial charge in [0.2, 0.25) is 0 Å². The summed E-state index contributed by atoms with van der Waals surface area (Å²) in [5, 5.41) is 0.771. The van der Waals surface area contributed by atoms with Crippen molar-refractivity contribution in [3.05, 3.63) is 34.9 Å². The van der Waals surface area contributed by atoms with Crippen molar-refractivity contribution in [2.45, 2.75) is 103 Å². The predicted octanol–water partition coefficient (Wildman–Crippen LogP) is 8.57. The molecule has 0 spiro atoms. The summed E-state index contributed by atoms with van der Waals surface area (Å²) in [6, 6.07) is 7.76. The van der Waals surface area contributed by atoms with Crippen LogP contribution >= 0.6 is 11.6 Å². The van der Waals surface area contributed by atoms with Crippen molar-refractivity contribution in [3.8, 4) is 24.2 Å². The van der Waals surface area contributed by atoms with Crippen molar-refractivity contribution in [1.29, 1.82) is 0 Å². The van der Waals surface area contributed by atoms with Gasteiger partial charge in [-0.15, -0.1) is 12.3 Å². The summed E-state index contributed by atoms with van der Waals surface area (Å²) in [6.07, 6.45) is 26.3. The molecule has 0 saturated carbocycles. The van der Waals surface area contributed by atoms with Crippen molar-refractivity contribution in [2.75, 3.05) is 0 Å². The predicted molar refractivity (Wildman–Crippen MR) is 121 cm³/mol. The molecule has 0 aliphatic heterocycles. The average molecular weight is 385 g/mol. The molecule has 1 aromatic carbocycles. The van der Waals surface area contributed by atoms with E-state index in [1.54, 1.807) is 0 Å². The third kappa shape index (κ3) is 15.4. The molecule has 0 bridgehead atoms. The van der Waals surface area contributed by atoms with Gasteiger partial charge in [-0.25, -0.2) is 0 Å². The number of halogens is 1. The second-order valence-electron chi connectivity index (χ2n) is 7.46. The Morgan fingerprint density at radius 3 is 1.44 bits per heavy atom. The van der Waals surface area contributed by atoms with Crippen LogP contribution in [0.3, 0.4) is 0 Å². The van der Waals surface area contributed by atoms with Crippen molar-refractivity contribution >= 4 is 11.6 Å². The zero-order valence-corrected chi connectivity index (χ0v) is 17.8. The van der Waals surface area contributed by atoms with Gasteiger partial charge in [0.1, 0.15) is 0 Å².